The molecule has 2 rings (SSSR count). The third-order valence-corrected chi connectivity index (χ3v) is 5.84. The van der Waals surface area contributed by atoms with Gasteiger partial charge in [0, 0.05) is 14.9 Å². The molecule has 1 aromatic heterocycles. The molecule has 0 radical (unpaired) electrons. The van der Waals surface area contributed by atoms with Gasteiger partial charge in [-0.15, -0.1) is 11.3 Å². The van der Waals surface area contributed by atoms with Crippen molar-refractivity contribution in [2.75, 3.05) is 13.7 Å². The average Bonchev–Trinajstić information content (AvgIpc) is 2.89. The number of thiophene rings is 1. The van der Waals surface area contributed by atoms with E-state index in [1.165, 1.54) is 10.4 Å². The van der Waals surface area contributed by atoms with E-state index in [0.717, 1.165) is 32.5 Å². The molecule has 114 valence electrons. The standard InChI is InChI=1S/C16H19Br2NOS/c1-4-7-19-16(14-5-6-15(18)21-14)11-9-12(17)10(2)8-13(11)20-3/h5-6,8-9,16,19H,4,7H2,1-3H3. The first kappa shape index (κ1) is 17.0. The topological polar surface area (TPSA) is 21.3 Å². The van der Waals surface area contributed by atoms with Crippen LogP contribution in [0.5, 0.6) is 5.75 Å². The number of hydrogen-bond donors (Lipinski definition) is 1. The Bertz CT molecular complexity index is 612. The molecular formula is C16H19Br2NOS. The summed E-state index contributed by atoms with van der Waals surface area (Å²) in [5.41, 5.74) is 2.34. The largest absolute Gasteiger partial charge is 0.496 e. The second kappa shape index (κ2) is 7.77. The van der Waals surface area contributed by atoms with Gasteiger partial charge in [-0.2, -0.15) is 0 Å². The van der Waals surface area contributed by atoms with Crippen LogP contribution in [0, 0.1) is 6.92 Å². The van der Waals surface area contributed by atoms with Gasteiger partial charge in [0.05, 0.1) is 16.9 Å². The van der Waals surface area contributed by atoms with E-state index in [1.54, 1.807) is 18.4 Å². The Labute approximate surface area is 147 Å². The van der Waals surface area contributed by atoms with Gasteiger partial charge in [-0.3, -0.25) is 0 Å². The molecule has 21 heavy (non-hydrogen) atoms. The van der Waals surface area contributed by atoms with Crippen LogP contribution >= 0.6 is 43.2 Å². The molecule has 2 nitrogen and oxygen atoms in total. The first-order chi connectivity index (χ1) is 10.1. The van der Waals surface area contributed by atoms with Crippen molar-refractivity contribution in [3.8, 4) is 5.75 Å². The lowest BCUT2D eigenvalue weighted by atomic mass is 10.0. The summed E-state index contributed by atoms with van der Waals surface area (Å²) >= 11 is 8.94. The van der Waals surface area contributed by atoms with Crippen molar-refractivity contribution in [3.05, 3.63) is 48.5 Å². The van der Waals surface area contributed by atoms with Gasteiger partial charge >= 0.3 is 0 Å². The van der Waals surface area contributed by atoms with Crippen molar-refractivity contribution in [2.45, 2.75) is 26.3 Å². The highest BCUT2D eigenvalue weighted by atomic mass is 79.9. The highest BCUT2D eigenvalue weighted by molar-refractivity contribution is 9.11. The van der Waals surface area contributed by atoms with Gasteiger partial charge < -0.3 is 10.1 Å². The van der Waals surface area contributed by atoms with Crippen LogP contribution in [0.2, 0.25) is 0 Å². The van der Waals surface area contributed by atoms with Gasteiger partial charge in [-0.25, -0.2) is 0 Å². The van der Waals surface area contributed by atoms with Crippen LogP contribution in [0.25, 0.3) is 0 Å². The molecule has 0 bridgehead atoms. The minimum absolute atomic E-state index is 0.146. The summed E-state index contributed by atoms with van der Waals surface area (Å²) < 4.78 is 7.86. The first-order valence-electron chi connectivity index (χ1n) is 6.89. The molecule has 1 atom stereocenters. The van der Waals surface area contributed by atoms with E-state index in [-0.39, 0.29) is 6.04 Å². The fourth-order valence-electron chi connectivity index (χ4n) is 2.21. The highest BCUT2D eigenvalue weighted by Gasteiger charge is 2.20. The SMILES string of the molecule is CCCNC(c1ccc(Br)s1)c1cc(Br)c(C)cc1OC. The Morgan fingerprint density at radius 3 is 2.62 bits per heavy atom. The van der Waals surface area contributed by atoms with Crippen LogP contribution in [0.4, 0.5) is 0 Å². The summed E-state index contributed by atoms with van der Waals surface area (Å²) in [6.45, 7) is 5.22. The maximum atomic E-state index is 5.60. The maximum absolute atomic E-state index is 5.60. The summed E-state index contributed by atoms with van der Waals surface area (Å²) in [5, 5.41) is 3.63. The van der Waals surface area contributed by atoms with Crippen molar-refractivity contribution >= 4 is 43.2 Å². The second-order valence-electron chi connectivity index (χ2n) is 4.87. The smallest absolute Gasteiger partial charge is 0.124 e. The van der Waals surface area contributed by atoms with Crippen molar-refractivity contribution in [2.24, 2.45) is 0 Å². The Balaban J connectivity index is 2.47. The molecule has 5 heteroatoms. The summed E-state index contributed by atoms with van der Waals surface area (Å²) in [7, 11) is 1.73. The predicted molar refractivity (Wildman–Crippen MR) is 97.6 cm³/mol. The summed E-state index contributed by atoms with van der Waals surface area (Å²) in [6.07, 6.45) is 1.10. The summed E-state index contributed by atoms with van der Waals surface area (Å²) in [6, 6.07) is 8.65. The van der Waals surface area contributed by atoms with Gasteiger partial charge in [0.1, 0.15) is 5.75 Å². The lowest BCUT2D eigenvalue weighted by Gasteiger charge is -2.21. The Hall–Kier alpha value is -0.360. The van der Waals surface area contributed by atoms with Crippen molar-refractivity contribution < 1.29 is 4.74 Å². The van der Waals surface area contributed by atoms with E-state index >= 15 is 0 Å². The molecule has 0 aliphatic rings. The van der Waals surface area contributed by atoms with E-state index in [9.17, 15) is 0 Å². The molecule has 2 aromatic rings. The Morgan fingerprint density at radius 2 is 2.05 bits per heavy atom. The Kier molecular flexibility index (Phi) is 6.29. The first-order valence-corrected chi connectivity index (χ1v) is 9.29. The zero-order chi connectivity index (χ0) is 15.4. The van der Waals surface area contributed by atoms with Crippen LogP contribution in [0.1, 0.15) is 35.4 Å². The van der Waals surface area contributed by atoms with E-state index in [4.69, 9.17) is 4.74 Å². The number of benzene rings is 1. The van der Waals surface area contributed by atoms with E-state index in [1.807, 2.05) is 0 Å². The predicted octanol–water partition coefficient (Wildman–Crippen LogP) is 5.68. The highest BCUT2D eigenvalue weighted by Crippen LogP contribution is 2.37. The molecule has 0 spiro atoms. The van der Waals surface area contributed by atoms with Crippen LogP contribution in [0.3, 0.4) is 0 Å². The molecular weight excluding hydrogens is 414 g/mol. The summed E-state index contributed by atoms with van der Waals surface area (Å²) in [4.78, 5) is 1.28. The van der Waals surface area contributed by atoms with Crippen LogP contribution in [0.15, 0.2) is 32.5 Å². The van der Waals surface area contributed by atoms with Gasteiger partial charge in [0.25, 0.3) is 0 Å². The number of halogens is 2. The molecule has 0 aliphatic carbocycles. The third kappa shape index (κ3) is 4.09. The van der Waals surface area contributed by atoms with Crippen LogP contribution in [-0.2, 0) is 0 Å². The van der Waals surface area contributed by atoms with Gasteiger partial charge in [-0.1, -0.05) is 22.9 Å². The van der Waals surface area contributed by atoms with Crippen LogP contribution < -0.4 is 10.1 Å². The minimum atomic E-state index is 0.146. The average molecular weight is 433 g/mol. The molecule has 0 fully saturated rings. The molecule has 1 heterocycles. The van der Waals surface area contributed by atoms with Gasteiger partial charge in [-0.05, 0) is 65.6 Å². The third-order valence-electron chi connectivity index (χ3n) is 3.30. The lowest BCUT2D eigenvalue weighted by Crippen LogP contribution is -2.23. The minimum Gasteiger partial charge on any atom is -0.496 e. The molecule has 0 amide bonds. The second-order valence-corrected chi connectivity index (χ2v) is 8.22. The quantitative estimate of drug-likeness (QED) is 0.633. The van der Waals surface area contributed by atoms with Gasteiger partial charge in [0.15, 0.2) is 0 Å². The number of aryl methyl sites for hydroxylation is 1. The molecule has 0 saturated heterocycles. The molecule has 1 aromatic carbocycles. The maximum Gasteiger partial charge on any atom is 0.124 e. The number of nitrogens with one attached hydrogen (secondary N) is 1. The zero-order valence-corrected chi connectivity index (χ0v) is 16.4. The molecule has 1 N–H and O–H groups in total. The lowest BCUT2D eigenvalue weighted by molar-refractivity contribution is 0.403. The van der Waals surface area contributed by atoms with Crippen LogP contribution in [-0.4, -0.2) is 13.7 Å². The van der Waals surface area contributed by atoms with E-state index in [0.29, 0.717) is 0 Å². The van der Waals surface area contributed by atoms with Crippen molar-refractivity contribution in [1.29, 1.82) is 0 Å². The number of rotatable bonds is 6. The number of hydrogen-bond acceptors (Lipinski definition) is 3. The van der Waals surface area contributed by atoms with Crippen molar-refractivity contribution in [1.82, 2.24) is 5.32 Å². The molecule has 0 saturated carbocycles. The number of methoxy groups -OCH3 is 1. The Morgan fingerprint density at radius 1 is 1.29 bits per heavy atom. The molecule has 0 aliphatic heterocycles. The fraction of sp³-hybridized carbons (Fsp3) is 0.375. The fourth-order valence-corrected chi connectivity index (χ4v) is 4.09. The van der Waals surface area contributed by atoms with Crippen molar-refractivity contribution in [3.63, 3.8) is 0 Å². The normalized spacial score (nSPS) is 12.4. The van der Waals surface area contributed by atoms with Gasteiger partial charge in [0.2, 0.25) is 0 Å². The number of ether oxygens (including phenoxy) is 1. The summed E-state index contributed by atoms with van der Waals surface area (Å²) in [5.74, 6) is 0.925. The van der Waals surface area contributed by atoms with E-state index in [2.05, 4.69) is 75.3 Å². The monoisotopic (exact) mass is 431 g/mol. The van der Waals surface area contributed by atoms with E-state index < -0.39 is 0 Å². The molecule has 1 unspecified atom stereocenters. The zero-order valence-electron chi connectivity index (χ0n) is 12.4.